The van der Waals surface area contributed by atoms with Gasteiger partial charge in [-0.05, 0) is 66.8 Å². The molecule has 0 aromatic heterocycles. The van der Waals surface area contributed by atoms with E-state index in [0.717, 1.165) is 24.8 Å². The van der Waals surface area contributed by atoms with Crippen LogP contribution in [0, 0.1) is 16.0 Å². The van der Waals surface area contributed by atoms with Crippen LogP contribution in [0.1, 0.15) is 42.5 Å². The molecule has 0 radical (unpaired) electrons. The van der Waals surface area contributed by atoms with Gasteiger partial charge in [0.1, 0.15) is 6.10 Å². The van der Waals surface area contributed by atoms with E-state index < -0.39 is 23.0 Å². The Balaban J connectivity index is 1.65. The Labute approximate surface area is 219 Å². The molecular formula is C27H25Cl2N3O4. The first-order chi connectivity index (χ1) is 17.4. The number of likely N-dealkylation sites (tertiary alicyclic amines) is 1. The van der Waals surface area contributed by atoms with Gasteiger partial charge in [-0.25, -0.2) is 5.06 Å². The third kappa shape index (κ3) is 4.91. The summed E-state index contributed by atoms with van der Waals surface area (Å²) in [4.78, 5) is 33.7. The number of hydrogen-bond donors (Lipinski definition) is 0. The van der Waals surface area contributed by atoms with E-state index in [-0.39, 0.29) is 11.6 Å². The summed E-state index contributed by atoms with van der Waals surface area (Å²) < 4.78 is 0. The largest absolute Gasteiger partial charge is 0.342 e. The van der Waals surface area contributed by atoms with Gasteiger partial charge in [0.05, 0.1) is 22.6 Å². The molecule has 0 saturated carbocycles. The summed E-state index contributed by atoms with van der Waals surface area (Å²) in [5, 5.41) is 14.4. The summed E-state index contributed by atoms with van der Waals surface area (Å²) in [6.45, 7) is 1.37. The fourth-order valence-corrected chi connectivity index (χ4v) is 5.30. The average molecular weight is 526 g/mol. The topological polar surface area (TPSA) is 75.9 Å². The Morgan fingerprint density at radius 2 is 1.53 bits per heavy atom. The molecule has 2 aliphatic rings. The zero-order valence-corrected chi connectivity index (χ0v) is 20.9. The van der Waals surface area contributed by atoms with Crippen LogP contribution in [0.2, 0.25) is 10.0 Å². The standard InChI is InChI=1S/C27H25Cl2N3O4/c28-20-9-7-18(8-10-20)26-24(27(33)30-15-2-1-3-16-30)25(19-5-4-6-23(17-19)32(34)35)31(36-26)22-13-11-21(29)12-14-22/h4-14,17,24-26H,1-3,15-16H2/t24-,25+,26+/m1/s1. The molecule has 7 nitrogen and oxygen atoms in total. The lowest BCUT2D eigenvalue weighted by Gasteiger charge is -2.33. The Bertz CT molecular complexity index is 1250. The maximum atomic E-state index is 14.1. The molecule has 1 amide bonds. The number of nitro benzene ring substituents is 1. The maximum absolute atomic E-state index is 14.1. The van der Waals surface area contributed by atoms with E-state index in [0.29, 0.717) is 34.4 Å². The van der Waals surface area contributed by atoms with Crippen LogP contribution in [0.25, 0.3) is 0 Å². The number of carbonyl (C=O) groups excluding carboxylic acids is 1. The van der Waals surface area contributed by atoms with Crippen LogP contribution in [0.4, 0.5) is 11.4 Å². The van der Waals surface area contributed by atoms with Gasteiger partial charge in [0.2, 0.25) is 5.91 Å². The maximum Gasteiger partial charge on any atom is 0.269 e. The van der Waals surface area contributed by atoms with Crippen LogP contribution in [0.15, 0.2) is 72.8 Å². The normalized spacial score (nSPS) is 22.0. The van der Waals surface area contributed by atoms with Gasteiger partial charge in [-0.1, -0.05) is 47.5 Å². The van der Waals surface area contributed by atoms with Crippen molar-refractivity contribution in [3.05, 3.63) is 104 Å². The Kier molecular flexibility index (Phi) is 7.14. The summed E-state index contributed by atoms with van der Waals surface area (Å²) in [6, 6.07) is 20.2. The van der Waals surface area contributed by atoms with E-state index in [1.165, 1.54) is 12.1 Å². The third-order valence-electron chi connectivity index (χ3n) is 6.80. The van der Waals surface area contributed by atoms with Crippen molar-refractivity contribution in [1.82, 2.24) is 4.90 Å². The van der Waals surface area contributed by atoms with Gasteiger partial charge in [-0.15, -0.1) is 0 Å². The number of benzene rings is 3. The van der Waals surface area contributed by atoms with E-state index in [1.807, 2.05) is 35.2 Å². The zero-order valence-electron chi connectivity index (χ0n) is 19.4. The predicted octanol–water partition coefficient (Wildman–Crippen LogP) is 6.76. The fraction of sp³-hybridized carbons (Fsp3) is 0.296. The van der Waals surface area contributed by atoms with Crippen molar-refractivity contribution >= 4 is 40.5 Å². The van der Waals surface area contributed by atoms with Crippen LogP contribution in [0.5, 0.6) is 0 Å². The second kappa shape index (κ2) is 10.5. The number of rotatable bonds is 5. The highest BCUT2D eigenvalue weighted by Gasteiger charge is 2.50. The van der Waals surface area contributed by atoms with E-state index in [4.69, 9.17) is 28.0 Å². The van der Waals surface area contributed by atoms with Gasteiger partial charge >= 0.3 is 0 Å². The molecule has 0 unspecified atom stereocenters. The van der Waals surface area contributed by atoms with Gasteiger partial charge in [0.25, 0.3) is 5.69 Å². The lowest BCUT2D eigenvalue weighted by Crippen LogP contribution is -2.42. The molecule has 0 aliphatic carbocycles. The number of halogens is 2. The molecule has 2 heterocycles. The monoisotopic (exact) mass is 525 g/mol. The molecule has 2 aliphatic heterocycles. The molecule has 3 atom stereocenters. The Hall–Kier alpha value is -3.13. The van der Waals surface area contributed by atoms with Crippen LogP contribution < -0.4 is 5.06 Å². The molecule has 3 aromatic rings. The lowest BCUT2D eigenvalue weighted by atomic mass is 9.84. The number of piperidine rings is 1. The van der Waals surface area contributed by atoms with Crippen molar-refractivity contribution in [1.29, 1.82) is 0 Å². The predicted molar refractivity (Wildman–Crippen MR) is 139 cm³/mol. The Morgan fingerprint density at radius 1 is 0.889 bits per heavy atom. The third-order valence-corrected chi connectivity index (χ3v) is 7.31. The number of nitro groups is 1. The second-order valence-electron chi connectivity index (χ2n) is 9.09. The summed E-state index contributed by atoms with van der Waals surface area (Å²) >= 11 is 12.3. The minimum absolute atomic E-state index is 0.0254. The molecule has 0 bridgehead atoms. The van der Waals surface area contributed by atoms with Crippen molar-refractivity contribution in [2.45, 2.75) is 31.4 Å². The molecule has 2 fully saturated rings. The van der Waals surface area contributed by atoms with Crippen LogP contribution in [0.3, 0.4) is 0 Å². The quantitative estimate of drug-likeness (QED) is 0.271. The highest BCUT2D eigenvalue weighted by atomic mass is 35.5. The first-order valence-corrected chi connectivity index (χ1v) is 12.7. The minimum Gasteiger partial charge on any atom is -0.342 e. The average Bonchev–Trinajstić information content (AvgIpc) is 3.30. The molecule has 0 spiro atoms. The van der Waals surface area contributed by atoms with E-state index in [2.05, 4.69) is 0 Å². The molecule has 3 aromatic carbocycles. The molecule has 36 heavy (non-hydrogen) atoms. The highest BCUT2D eigenvalue weighted by Crippen LogP contribution is 2.50. The SMILES string of the molecule is O=C([C@H]1[C@H](c2ccc(Cl)cc2)ON(c2ccc(Cl)cc2)[C@H]1c1cccc([N+](=O)[O-])c1)N1CCCCC1. The fourth-order valence-electron chi connectivity index (χ4n) is 5.05. The van der Waals surface area contributed by atoms with Crippen molar-refractivity contribution in [2.75, 3.05) is 18.2 Å². The van der Waals surface area contributed by atoms with Gasteiger partial charge < -0.3 is 4.90 Å². The first kappa shape index (κ1) is 24.6. The van der Waals surface area contributed by atoms with Crippen LogP contribution >= 0.6 is 23.2 Å². The first-order valence-electron chi connectivity index (χ1n) is 11.9. The van der Waals surface area contributed by atoms with Gasteiger partial charge in [0.15, 0.2) is 0 Å². The van der Waals surface area contributed by atoms with Crippen molar-refractivity contribution in [3.63, 3.8) is 0 Å². The van der Waals surface area contributed by atoms with E-state index >= 15 is 0 Å². The van der Waals surface area contributed by atoms with E-state index in [1.54, 1.807) is 35.4 Å². The van der Waals surface area contributed by atoms with Crippen LogP contribution in [-0.4, -0.2) is 28.8 Å². The molecule has 186 valence electrons. The Morgan fingerprint density at radius 3 is 2.17 bits per heavy atom. The number of amides is 1. The number of hydroxylamine groups is 1. The van der Waals surface area contributed by atoms with Gasteiger partial charge in [-0.2, -0.15) is 0 Å². The molecule has 0 N–H and O–H groups in total. The smallest absolute Gasteiger partial charge is 0.269 e. The lowest BCUT2D eigenvalue weighted by molar-refractivity contribution is -0.384. The minimum atomic E-state index is -0.637. The number of non-ortho nitro benzene ring substituents is 1. The van der Waals surface area contributed by atoms with E-state index in [9.17, 15) is 14.9 Å². The summed E-state index contributed by atoms with van der Waals surface area (Å²) in [7, 11) is 0. The molecule has 5 rings (SSSR count). The van der Waals surface area contributed by atoms with Crippen molar-refractivity contribution < 1.29 is 14.6 Å². The number of nitrogens with zero attached hydrogens (tertiary/aromatic N) is 3. The summed E-state index contributed by atoms with van der Waals surface area (Å²) in [5.74, 6) is -0.662. The summed E-state index contributed by atoms with van der Waals surface area (Å²) in [5.41, 5.74) is 2.10. The van der Waals surface area contributed by atoms with Crippen molar-refractivity contribution in [2.24, 2.45) is 5.92 Å². The van der Waals surface area contributed by atoms with Crippen molar-refractivity contribution in [3.8, 4) is 0 Å². The van der Waals surface area contributed by atoms with Crippen LogP contribution in [-0.2, 0) is 9.63 Å². The number of anilines is 1. The number of carbonyl (C=O) groups is 1. The zero-order chi connectivity index (χ0) is 25.2. The molecular weight excluding hydrogens is 501 g/mol. The van der Waals surface area contributed by atoms with Gasteiger partial charge in [-0.3, -0.25) is 19.7 Å². The second-order valence-corrected chi connectivity index (χ2v) is 9.96. The summed E-state index contributed by atoms with van der Waals surface area (Å²) in [6.07, 6.45) is 2.38. The number of hydrogen-bond acceptors (Lipinski definition) is 5. The molecule has 2 saturated heterocycles. The molecule has 9 heteroatoms. The van der Waals surface area contributed by atoms with Gasteiger partial charge in [0, 0.05) is 35.3 Å². The highest BCUT2D eigenvalue weighted by molar-refractivity contribution is 6.30.